The van der Waals surface area contributed by atoms with E-state index in [-0.39, 0.29) is 18.2 Å². The van der Waals surface area contributed by atoms with Crippen molar-refractivity contribution in [3.8, 4) is 0 Å². The van der Waals surface area contributed by atoms with E-state index >= 15 is 0 Å². The van der Waals surface area contributed by atoms with Crippen LogP contribution in [0.1, 0.15) is 35.1 Å². The third-order valence-electron chi connectivity index (χ3n) is 5.34. The van der Waals surface area contributed by atoms with Crippen molar-refractivity contribution in [3.05, 3.63) is 64.5 Å². The molecule has 1 N–H and O–H groups in total. The highest BCUT2D eigenvalue weighted by Gasteiger charge is 2.32. The molecule has 1 aliphatic heterocycles. The molecule has 1 fully saturated rings. The lowest BCUT2D eigenvalue weighted by Crippen LogP contribution is -2.44. The molecule has 0 saturated carbocycles. The van der Waals surface area contributed by atoms with Gasteiger partial charge in [0.1, 0.15) is 5.82 Å². The minimum absolute atomic E-state index is 0.151. The molecule has 0 aromatic heterocycles. The normalized spacial score (nSPS) is 17.9. The van der Waals surface area contributed by atoms with Crippen LogP contribution in [0, 0.1) is 32.5 Å². The molecule has 2 aromatic carbocycles. The minimum atomic E-state index is -3.58. The third-order valence-corrected chi connectivity index (χ3v) is 7.15. The molecule has 7 heteroatoms. The number of nitrogens with zero attached hydrogens (tertiary/aromatic N) is 1. The molecule has 1 saturated heterocycles. The van der Waals surface area contributed by atoms with Gasteiger partial charge in [-0.15, -0.1) is 0 Å². The lowest BCUT2D eigenvalue weighted by atomic mass is 9.98. The number of sulfonamides is 1. The van der Waals surface area contributed by atoms with E-state index in [1.165, 1.54) is 28.6 Å². The van der Waals surface area contributed by atoms with Gasteiger partial charge in [-0.05, 0) is 62.4 Å². The average Bonchev–Trinajstić information content (AvgIpc) is 2.66. The molecule has 1 atom stereocenters. The van der Waals surface area contributed by atoms with Gasteiger partial charge in [-0.3, -0.25) is 4.79 Å². The van der Waals surface area contributed by atoms with Crippen molar-refractivity contribution < 1.29 is 17.6 Å². The molecule has 1 unspecified atom stereocenters. The van der Waals surface area contributed by atoms with Crippen LogP contribution in [0.15, 0.2) is 36.4 Å². The van der Waals surface area contributed by atoms with Crippen LogP contribution in [0.4, 0.5) is 10.1 Å². The van der Waals surface area contributed by atoms with Crippen LogP contribution >= 0.6 is 0 Å². The van der Waals surface area contributed by atoms with E-state index in [4.69, 9.17) is 0 Å². The fraction of sp³-hybridized carbons (Fsp3) is 0.409. The number of hydrogen-bond acceptors (Lipinski definition) is 3. The Morgan fingerprint density at radius 3 is 2.38 bits per heavy atom. The van der Waals surface area contributed by atoms with Crippen molar-refractivity contribution in [2.45, 2.75) is 39.4 Å². The summed E-state index contributed by atoms with van der Waals surface area (Å²) < 4.78 is 40.1. The van der Waals surface area contributed by atoms with E-state index in [0.717, 1.165) is 22.4 Å². The molecule has 1 amide bonds. The quantitative estimate of drug-likeness (QED) is 0.800. The van der Waals surface area contributed by atoms with Gasteiger partial charge in [0.15, 0.2) is 0 Å². The number of aryl methyl sites for hydroxylation is 3. The number of hydrogen-bond donors (Lipinski definition) is 1. The van der Waals surface area contributed by atoms with Crippen molar-refractivity contribution in [1.82, 2.24) is 4.31 Å². The molecule has 0 bridgehead atoms. The largest absolute Gasteiger partial charge is 0.325 e. The number of carbonyl (C=O) groups excluding carboxylic acids is 1. The molecule has 1 aliphatic rings. The van der Waals surface area contributed by atoms with Crippen molar-refractivity contribution >= 4 is 21.6 Å². The number of amides is 1. The van der Waals surface area contributed by atoms with Gasteiger partial charge in [0.05, 0.1) is 11.7 Å². The fourth-order valence-electron chi connectivity index (χ4n) is 3.89. The van der Waals surface area contributed by atoms with Gasteiger partial charge in [-0.1, -0.05) is 29.8 Å². The number of nitrogens with one attached hydrogen (secondary N) is 1. The monoisotopic (exact) mass is 418 g/mol. The Hall–Kier alpha value is -2.25. The Morgan fingerprint density at radius 2 is 1.76 bits per heavy atom. The Balaban J connectivity index is 1.69. The molecule has 0 spiro atoms. The topological polar surface area (TPSA) is 66.5 Å². The van der Waals surface area contributed by atoms with Crippen molar-refractivity contribution in [3.63, 3.8) is 0 Å². The van der Waals surface area contributed by atoms with E-state index in [1.807, 2.05) is 32.9 Å². The van der Waals surface area contributed by atoms with Gasteiger partial charge in [0.2, 0.25) is 15.9 Å². The van der Waals surface area contributed by atoms with Crippen LogP contribution in [0.2, 0.25) is 0 Å². The Bertz CT molecular complexity index is 980. The zero-order valence-corrected chi connectivity index (χ0v) is 17.9. The van der Waals surface area contributed by atoms with Crippen molar-refractivity contribution in [1.29, 1.82) is 0 Å². The lowest BCUT2D eigenvalue weighted by Gasteiger charge is -2.31. The zero-order valence-electron chi connectivity index (χ0n) is 17.0. The standard InChI is InChI=1S/C22H27FN2O3S/c1-15-11-16(2)21(17(3)12-15)24-22(26)19-5-4-10-25(13-19)29(27,28)14-18-6-8-20(23)9-7-18/h6-9,11-12,19H,4-5,10,13-14H2,1-3H3,(H,24,26). The first-order valence-electron chi connectivity index (χ1n) is 9.76. The second kappa shape index (κ2) is 8.63. The number of piperidine rings is 1. The van der Waals surface area contributed by atoms with Gasteiger partial charge in [-0.2, -0.15) is 0 Å². The van der Waals surface area contributed by atoms with E-state index < -0.39 is 21.8 Å². The Kier molecular flexibility index (Phi) is 6.39. The van der Waals surface area contributed by atoms with E-state index in [9.17, 15) is 17.6 Å². The van der Waals surface area contributed by atoms with Crippen LogP contribution < -0.4 is 5.32 Å². The highest BCUT2D eigenvalue weighted by Crippen LogP contribution is 2.26. The molecule has 0 aliphatic carbocycles. The summed E-state index contributed by atoms with van der Waals surface area (Å²) in [5.41, 5.74) is 4.45. The third kappa shape index (κ3) is 5.22. The van der Waals surface area contributed by atoms with Crippen LogP contribution in [-0.4, -0.2) is 31.7 Å². The first-order valence-corrected chi connectivity index (χ1v) is 11.4. The van der Waals surface area contributed by atoms with Crippen LogP contribution in [0.5, 0.6) is 0 Å². The fourth-order valence-corrected chi connectivity index (χ4v) is 5.50. The van der Waals surface area contributed by atoms with E-state index in [1.54, 1.807) is 0 Å². The summed E-state index contributed by atoms with van der Waals surface area (Å²) in [5.74, 6) is -1.14. The van der Waals surface area contributed by atoms with Crippen LogP contribution in [0.3, 0.4) is 0 Å². The van der Waals surface area contributed by atoms with E-state index in [2.05, 4.69) is 5.32 Å². The van der Waals surface area contributed by atoms with Gasteiger partial charge in [-0.25, -0.2) is 17.1 Å². The van der Waals surface area contributed by atoms with E-state index in [0.29, 0.717) is 24.9 Å². The smallest absolute Gasteiger partial charge is 0.228 e. The van der Waals surface area contributed by atoms with Crippen LogP contribution in [-0.2, 0) is 20.6 Å². The number of anilines is 1. The number of benzene rings is 2. The predicted molar refractivity (Wildman–Crippen MR) is 113 cm³/mol. The molecule has 29 heavy (non-hydrogen) atoms. The number of carbonyl (C=O) groups is 1. The highest BCUT2D eigenvalue weighted by atomic mass is 32.2. The maximum Gasteiger partial charge on any atom is 0.228 e. The summed E-state index contributed by atoms with van der Waals surface area (Å²) >= 11 is 0. The summed E-state index contributed by atoms with van der Waals surface area (Å²) in [6, 6.07) is 9.49. The molecule has 2 aromatic rings. The molecule has 0 radical (unpaired) electrons. The van der Waals surface area contributed by atoms with Gasteiger partial charge < -0.3 is 5.32 Å². The molecule has 1 heterocycles. The maximum atomic E-state index is 13.1. The van der Waals surface area contributed by atoms with Crippen molar-refractivity contribution in [2.24, 2.45) is 5.92 Å². The molecule has 156 valence electrons. The molecular weight excluding hydrogens is 391 g/mol. The highest BCUT2D eigenvalue weighted by molar-refractivity contribution is 7.88. The summed E-state index contributed by atoms with van der Waals surface area (Å²) in [6.07, 6.45) is 1.28. The summed E-state index contributed by atoms with van der Waals surface area (Å²) in [4.78, 5) is 12.9. The lowest BCUT2D eigenvalue weighted by molar-refractivity contribution is -0.120. The SMILES string of the molecule is Cc1cc(C)c(NC(=O)C2CCCN(S(=O)(=O)Cc3ccc(F)cc3)C2)c(C)c1. The van der Waals surface area contributed by atoms with Gasteiger partial charge in [0, 0.05) is 18.8 Å². The summed E-state index contributed by atoms with van der Waals surface area (Å²) in [6.45, 7) is 6.48. The summed E-state index contributed by atoms with van der Waals surface area (Å²) in [5, 5.41) is 3.00. The first-order chi connectivity index (χ1) is 13.7. The zero-order chi connectivity index (χ0) is 21.2. The predicted octanol–water partition coefficient (Wildman–Crippen LogP) is 3.93. The number of halogens is 1. The minimum Gasteiger partial charge on any atom is -0.325 e. The second-order valence-corrected chi connectivity index (χ2v) is 9.81. The van der Waals surface area contributed by atoms with Gasteiger partial charge >= 0.3 is 0 Å². The average molecular weight is 419 g/mol. The Morgan fingerprint density at radius 1 is 1.14 bits per heavy atom. The second-order valence-electron chi connectivity index (χ2n) is 7.84. The number of rotatable bonds is 5. The first kappa shape index (κ1) is 21.5. The van der Waals surface area contributed by atoms with Crippen molar-refractivity contribution in [2.75, 3.05) is 18.4 Å². The summed E-state index contributed by atoms with van der Waals surface area (Å²) in [7, 11) is -3.58. The molecule has 5 nitrogen and oxygen atoms in total. The Labute approximate surface area is 172 Å². The molecule has 3 rings (SSSR count). The molecular formula is C22H27FN2O3S. The van der Waals surface area contributed by atoms with Crippen LogP contribution in [0.25, 0.3) is 0 Å². The maximum absolute atomic E-state index is 13.1. The van der Waals surface area contributed by atoms with Gasteiger partial charge in [0.25, 0.3) is 0 Å².